The molecule has 3 nitrogen and oxygen atoms in total. The molecule has 1 N–H and O–H groups in total. The molecule has 0 bridgehead atoms. The normalized spacial score (nSPS) is 10.7. The fourth-order valence-electron chi connectivity index (χ4n) is 1.69. The number of thiazole rings is 1. The van der Waals surface area contributed by atoms with E-state index in [-0.39, 0.29) is 5.91 Å². The minimum Gasteiger partial charge on any atom is -0.351 e. The lowest BCUT2D eigenvalue weighted by Gasteiger charge is -2.05. The minimum atomic E-state index is -0.0223. The zero-order valence-electron chi connectivity index (χ0n) is 11.4. The van der Waals surface area contributed by atoms with Gasteiger partial charge >= 0.3 is 0 Å². The summed E-state index contributed by atoms with van der Waals surface area (Å²) in [5.74, 6) is 0.427. The molecule has 19 heavy (non-hydrogen) atoms. The van der Waals surface area contributed by atoms with Gasteiger partial charge in [-0.3, -0.25) is 4.79 Å². The number of amides is 1. The molecule has 0 saturated heterocycles. The van der Waals surface area contributed by atoms with Gasteiger partial charge in [-0.15, -0.1) is 11.3 Å². The minimum absolute atomic E-state index is 0.0223. The van der Waals surface area contributed by atoms with E-state index in [4.69, 9.17) is 0 Å². The number of carbonyl (C=O) groups excluding carboxylic acids is 1. The maximum atomic E-state index is 12.1. The number of carbonyl (C=O) groups is 1. The summed E-state index contributed by atoms with van der Waals surface area (Å²) >= 11 is 1.45. The number of nitrogens with zero attached hydrogens (tertiary/aromatic N) is 1. The quantitative estimate of drug-likeness (QED) is 0.927. The van der Waals surface area contributed by atoms with Gasteiger partial charge in [0.25, 0.3) is 5.91 Å². The van der Waals surface area contributed by atoms with Crippen LogP contribution in [0.5, 0.6) is 0 Å². The Hall–Kier alpha value is -1.68. The second-order valence-corrected chi connectivity index (χ2v) is 5.90. The van der Waals surface area contributed by atoms with Crippen molar-refractivity contribution in [3.8, 4) is 10.6 Å². The molecule has 1 aromatic carbocycles. The van der Waals surface area contributed by atoms with Crippen molar-refractivity contribution in [2.45, 2.75) is 20.8 Å². The Morgan fingerprint density at radius 2 is 2.00 bits per heavy atom. The molecule has 0 spiro atoms. The predicted molar refractivity (Wildman–Crippen MR) is 79.5 cm³/mol. The standard InChI is InChI=1S/C15H18N2OS/c1-10(2)9-16-14(18)13-11(3)17-15(19-13)12-7-5-4-6-8-12/h4-8,10H,9H2,1-3H3,(H,16,18). The molecule has 0 atom stereocenters. The lowest BCUT2D eigenvalue weighted by molar-refractivity contribution is 0.0952. The summed E-state index contributed by atoms with van der Waals surface area (Å²) in [4.78, 5) is 17.3. The average molecular weight is 274 g/mol. The van der Waals surface area contributed by atoms with Crippen LogP contribution >= 0.6 is 11.3 Å². The number of hydrogen-bond acceptors (Lipinski definition) is 3. The molecule has 0 radical (unpaired) electrons. The van der Waals surface area contributed by atoms with Crippen molar-refractivity contribution in [1.82, 2.24) is 10.3 Å². The summed E-state index contributed by atoms with van der Waals surface area (Å²) in [6.45, 7) is 6.73. The highest BCUT2D eigenvalue weighted by Crippen LogP contribution is 2.27. The third-order valence-corrected chi connectivity index (χ3v) is 3.90. The highest BCUT2D eigenvalue weighted by Gasteiger charge is 2.15. The molecular weight excluding hydrogens is 256 g/mol. The summed E-state index contributed by atoms with van der Waals surface area (Å²) < 4.78 is 0. The van der Waals surface area contributed by atoms with E-state index in [0.717, 1.165) is 16.3 Å². The van der Waals surface area contributed by atoms with Crippen LogP contribution in [0.15, 0.2) is 30.3 Å². The van der Waals surface area contributed by atoms with Crippen LogP contribution in [0.2, 0.25) is 0 Å². The van der Waals surface area contributed by atoms with Crippen molar-refractivity contribution in [3.63, 3.8) is 0 Å². The Morgan fingerprint density at radius 1 is 1.32 bits per heavy atom. The molecule has 0 fully saturated rings. The number of rotatable bonds is 4. The summed E-state index contributed by atoms with van der Waals surface area (Å²) in [7, 11) is 0. The van der Waals surface area contributed by atoms with Crippen molar-refractivity contribution in [2.75, 3.05) is 6.54 Å². The van der Waals surface area contributed by atoms with E-state index in [1.54, 1.807) is 0 Å². The number of benzene rings is 1. The summed E-state index contributed by atoms with van der Waals surface area (Å²) in [5, 5.41) is 3.83. The largest absolute Gasteiger partial charge is 0.351 e. The Bertz CT molecular complexity index is 561. The average Bonchev–Trinajstić information content (AvgIpc) is 2.79. The SMILES string of the molecule is Cc1nc(-c2ccccc2)sc1C(=O)NCC(C)C. The van der Waals surface area contributed by atoms with Gasteiger partial charge in [0, 0.05) is 12.1 Å². The smallest absolute Gasteiger partial charge is 0.263 e. The van der Waals surface area contributed by atoms with E-state index in [2.05, 4.69) is 24.1 Å². The molecule has 0 aliphatic heterocycles. The number of nitrogens with one attached hydrogen (secondary N) is 1. The fourth-order valence-corrected chi connectivity index (χ4v) is 2.68. The number of aromatic nitrogens is 1. The number of hydrogen-bond donors (Lipinski definition) is 1. The molecule has 0 unspecified atom stereocenters. The topological polar surface area (TPSA) is 42.0 Å². The van der Waals surface area contributed by atoms with Gasteiger partial charge in [-0.05, 0) is 12.8 Å². The van der Waals surface area contributed by atoms with Crippen LogP contribution in [0.3, 0.4) is 0 Å². The second kappa shape index (κ2) is 5.97. The van der Waals surface area contributed by atoms with Crippen molar-refractivity contribution in [1.29, 1.82) is 0 Å². The molecule has 4 heteroatoms. The van der Waals surface area contributed by atoms with Gasteiger partial charge < -0.3 is 5.32 Å². The summed E-state index contributed by atoms with van der Waals surface area (Å²) in [6.07, 6.45) is 0. The first-order chi connectivity index (χ1) is 9.08. The Balaban J connectivity index is 2.20. The fraction of sp³-hybridized carbons (Fsp3) is 0.333. The summed E-state index contributed by atoms with van der Waals surface area (Å²) in [5.41, 5.74) is 1.85. The van der Waals surface area contributed by atoms with E-state index < -0.39 is 0 Å². The molecule has 0 aliphatic carbocycles. The van der Waals surface area contributed by atoms with Crippen LogP contribution in [-0.4, -0.2) is 17.4 Å². The van der Waals surface area contributed by atoms with E-state index in [1.165, 1.54) is 11.3 Å². The highest BCUT2D eigenvalue weighted by molar-refractivity contribution is 7.17. The highest BCUT2D eigenvalue weighted by atomic mass is 32.1. The van der Waals surface area contributed by atoms with E-state index >= 15 is 0 Å². The Labute approximate surface area is 117 Å². The molecule has 0 aliphatic rings. The molecule has 0 saturated carbocycles. The van der Waals surface area contributed by atoms with Crippen LogP contribution in [0, 0.1) is 12.8 Å². The Morgan fingerprint density at radius 3 is 2.63 bits per heavy atom. The second-order valence-electron chi connectivity index (χ2n) is 4.90. The molecule has 1 amide bonds. The summed E-state index contributed by atoms with van der Waals surface area (Å²) in [6, 6.07) is 9.94. The van der Waals surface area contributed by atoms with Crippen molar-refractivity contribution < 1.29 is 4.79 Å². The van der Waals surface area contributed by atoms with Crippen LogP contribution in [0.25, 0.3) is 10.6 Å². The van der Waals surface area contributed by atoms with E-state index in [0.29, 0.717) is 17.3 Å². The van der Waals surface area contributed by atoms with Gasteiger partial charge in [-0.25, -0.2) is 4.98 Å². The van der Waals surface area contributed by atoms with Gasteiger partial charge in [-0.2, -0.15) is 0 Å². The van der Waals surface area contributed by atoms with Gasteiger partial charge in [0.15, 0.2) is 0 Å². The Kier molecular flexibility index (Phi) is 4.32. The first kappa shape index (κ1) is 13.7. The monoisotopic (exact) mass is 274 g/mol. The lowest BCUT2D eigenvalue weighted by atomic mass is 10.2. The van der Waals surface area contributed by atoms with Crippen molar-refractivity contribution >= 4 is 17.2 Å². The third-order valence-electron chi connectivity index (χ3n) is 2.69. The van der Waals surface area contributed by atoms with Crippen LogP contribution in [0.1, 0.15) is 29.2 Å². The third kappa shape index (κ3) is 3.41. The zero-order chi connectivity index (χ0) is 13.8. The first-order valence-electron chi connectivity index (χ1n) is 6.39. The molecule has 2 rings (SSSR count). The lowest BCUT2D eigenvalue weighted by Crippen LogP contribution is -2.27. The van der Waals surface area contributed by atoms with E-state index in [9.17, 15) is 4.79 Å². The van der Waals surface area contributed by atoms with Gasteiger partial charge in [0.2, 0.25) is 0 Å². The maximum absolute atomic E-state index is 12.1. The first-order valence-corrected chi connectivity index (χ1v) is 7.20. The predicted octanol–water partition coefficient (Wildman–Crippen LogP) is 3.50. The van der Waals surface area contributed by atoms with Crippen LogP contribution < -0.4 is 5.32 Å². The molecule has 100 valence electrons. The van der Waals surface area contributed by atoms with Crippen LogP contribution in [0.4, 0.5) is 0 Å². The van der Waals surface area contributed by atoms with Gasteiger partial charge in [0.05, 0.1) is 5.69 Å². The van der Waals surface area contributed by atoms with Gasteiger partial charge in [-0.1, -0.05) is 44.2 Å². The van der Waals surface area contributed by atoms with E-state index in [1.807, 2.05) is 37.3 Å². The molecule has 1 heterocycles. The van der Waals surface area contributed by atoms with Crippen molar-refractivity contribution in [3.05, 3.63) is 40.9 Å². The zero-order valence-corrected chi connectivity index (χ0v) is 12.3. The van der Waals surface area contributed by atoms with Gasteiger partial charge in [0.1, 0.15) is 9.88 Å². The number of aryl methyl sites for hydroxylation is 1. The van der Waals surface area contributed by atoms with Crippen molar-refractivity contribution in [2.24, 2.45) is 5.92 Å². The van der Waals surface area contributed by atoms with Crippen LogP contribution in [-0.2, 0) is 0 Å². The molecular formula is C15H18N2OS. The molecule has 2 aromatic rings. The maximum Gasteiger partial charge on any atom is 0.263 e. The molecule has 1 aromatic heterocycles.